The van der Waals surface area contributed by atoms with E-state index in [2.05, 4.69) is 31.1 Å². The zero-order valence-electron chi connectivity index (χ0n) is 8.46. The summed E-state index contributed by atoms with van der Waals surface area (Å²) in [6.07, 6.45) is 1.71. The van der Waals surface area contributed by atoms with Crippen LogP contribution in [0, 0.1) is 5.41 Å². The van der Waals surface area contributed by atoms with Gasteiger partial charge in [-0.2, -0.15) is 0 Å². The molecule has 1 heterocycles. The highest BCUT2D eigenvalue weighted by atomic mass is 15.0. The van der Waals surface area contributed by atoms with Gasteiger partial charge in [0.2, 0.25) is 0 Å². The Balaban J connectivity index is 2.55. The highest BCUT2D eigenvalue weighted by molar-refractivity contribution is 5.48. The molecule has 0 aliphatic carbocycles. The van der Waals surface area contributed by atoms with Crippen LogP contribution in [0.25, 0.3) is 0 Å². The zero-order valence-corrected chi connectivity index (χ0v) is 8.46. The Labute approximate surface area is 79.4 Å². The van der Waals surface area contributed by atoms with Crippen molar-refractivity contribution in [1.82, 2.24) is 4.98 Å². The molecule has 1 rings (SSSR count). The van der Waals surface area contributed by atoms with Gasteiger partial charge in [0.15, 0.2) is 0 Å². The summed E-state index contributed by atoms with van der Waals surface area (Å²) in [7, 11) is 0. The van der Waals surface area contributed by atoms with E-state index in [1.54, 1.807) is 12.3 Å². The zero-order chi connectivity index (χ0) is 9.90. The highest BCUT2D eigenvalue weighted by Gasteiger charge is 2.09. The van der Waals surface area contributed by atoms with Crippen molar-refractivity contribution < 1.29 is 0 Å². The molecule has 3 nitrogen and oxygen atoms in total. The second-order valence-corrected chi connectivity index (χ2v) is 4.39. The van der Waals surface area contributed by atoms with Gasteiger partial charge in [-0.25, -0.2) is 4.98 Å². The van der Waals surface area contributed by atoms with Gasteiger partial charge >= 0.3 is 0 Å². The summed E-state index contributed by atoms with van der Waals surface area (Å²) in [4.78, 5) is 4.15. The fraction of sp³-hybridized carbons (Fsp3) is 0.500. The number of nitrogens with zero attached hydrogens (tertiary/aromatic N) is 1. The Kier molecular flexibility index (Phi) is 2.76. The Morgan fingerprint density at radius 2 is 2.15 bits per heavy atom. The third kappa shape index (κ3) is 3.78. The molecule has 0 aromatic carbocycles. The molecule has 0 bridgehead atoms. The third-order valence-corrected chi connectivity index (χ3v) is 1.58. The summed E-state index contributed by atoms with van der Waals surface area (Å²) >= 11 is 0. The van der Waals surface area contributed by atoms with Crippen LogP contribution in [0.3, 0.4) is 0 Å². The molecule has 0 spiro atoms. The fourth-order valence-electron chi connectivity index (χ4n) is 0.899. The molecule has 0 saturated carbocycles. The number of hydrogen-bond donors (Lipinski definition) is 2. The van der Waals surface area contributed by atoms with Crippen molar-refractivity contribution in [2.45, 2.75) is 20.8 Å². The number of nitrogens with one attached hydrogen (secondary N) is 1. The van der Waals surface area contributed by atoms with Crippen molar-refractivity contribution >= 4 is 11.5 Å². The first-order valence-corrected chi connectivity index (χ1v) is 4.43. The summed E-state index contributed by atoms with van der Waals surface area (Å²) in [5.74, 6) is 0.843. The average molecular weight is 179 g/mol. The van der Waals surface area contributed by atoms with Crippen molar-refractivity contribution in [2.75, 3.05) is 17.6 Å². The lowest BCUT2D eigenvalue weighted by Gasteiger charge is -2.19. The Morgan fingerprint density at radius 1 is 1.46 bits per heavy atom. The Morgan fingerprint density at radius 3 is 2.69 bits per heavy atom. The monoisotopic (exact) mass is 179 g/mol. The van der Waals surface area contributed by atoms with Gasteiger partial charge in [0.25, 0.3) is 0 Å². The lowest BCUT2D eigenvalue weighted by molar-refractivity contribution is 0.442. The van der Waals surface area contributed by atoms with Crippen LogP contribution in [0.2, 0.25) is 0 Å². The summed E-state index contributed by atoms with van der Waals surface area (Å²) < 4.78 is 0. The van der Waals surface area contributed by atoms with Gasteiger partial charge in [-0.05, 0) is 11.5 Å². The summed E-state index contributed by atoms with van der Waals surface area (Å²) in [6.45, 7) is 7.41. The van der Waals surface area contributed by atoms with E-state index in [0.29, 0.717) is 0 Å². The molecule has 13 heavy (non-hydrogen) atoms. The number of pyridine rings is 1. The van der Waals surface area contributed by atoms with E-state index in [9.17, 15) is 0 Å². The normalized spacial score (nSPS) is 11.3. The van der Waals surface area contributed by atoms with Crippen LogP contribution in [-0.2, 0) is 0 Å². The summed E-state index contributed by atoms with van der Waals surface area (Å²) in [5, 5.41) is 3.23. The highest BCUT2D eigenvalue weighted by Crippen LogP contribution is 2.15. The lowest BCUT2D eigenvalue weighted by atomic mass is 9.97. The first-order valence-electron chi connectivity index (χ1n) is 4.43. The number of nitrogen functional groups attached to an aromatic ring is 1. The van der Waals surface area contributed by atoms with E-state index >= 15 is 0 Å². The van der Waals surface area contributed by atoms with Crippen LogP contribution in [0.15, 0.2) is 18.3 Å². The summed E-state index contributed by atoms with van der Waals surface area (Å²) in [6, 6.07) is 3.62. The topological polar surface area (TPSA) is 50.9 Å². The number of aromatic nitrogens is 1. The number of anilines is 2. The van der Waals surface area contributed by atoms with Crippen molar-refractivity contribution in [3.63, 3.8) is 0 Å². The largest absolute Gasteiger partial charge is 0.399 e. The minimum Gasteiger partial charge on any atom is -0.399 e. The fourth-order valence-corrected chi connectivity index (χ4v) is 0.899. The Bertz CT molecular complexity index is 276. The molecule has 72 valence electrons. The molecule has 0 radical (unpaired) electrons. The molecule has 0 aliphatic heterocycles. The van der Waals surface area contributed by atoms with Crippen LogP contribution >= 0.6 is 0 Å². The standard InChI is InChI=1S/C10H17N3/c1-10(2,3)7-13-9-6-8(11)4-5-12-9/h4-6H,7H2,1-3H3,(H3,11,12,13). The lowest BCUT2D eigenvalue weighted by Crippen LogP contribution is -2.19. The van der Waals surface area contributed by atoms with E-state index in [0.717, 1.165) is 18.1 Å². The molecular weight excluding hydrogens is 162 g/mol. The second-order valence-electron chi connectivity index (χ2n) is 4.39. The molecule has 0 amide bonds. The van der Waals surface area contributed by atoms with Gasteiger partial charge < -0.3 is 11.1 Å². The average Bonchev–Trinajstić information content (AvgIpc) is 2.00. The molecule has 0 aliphatic rings. The quantitative estimate of drug-likeness (QED) is 0.731. The van der Waals surface area contributed by atoms with Gasteiger partial charge in [0, 0.05) is 24.5 Å². The predicted molar refractivity (Wildman–Crippen MR) is 56.6 cm³/mol. The Hall–Kier alpha value is -1.25. The maximum absolute atomic E-state index is 5.62. The predicted octanol–water partition coefficient (Wildman–Crippen LogP) is 2.12. The molecule has 1 aromatic rings. The molecular formula is C10H17N3. The minimum absolute atomic E-state index is 0.256. The maximum atomic E-state index is 5.62. The number of hydrogen-bond acceptors (Lipinski definition) is 3. The summed E-state index contributed by atoms with van der Waals surface area (Å²) in [5.41, 5.74) is 6.62. The van der Waals surface area contributed by atoms with E-state index in [1.165, 1.54) is 0 Å². The van der Waals surface area contributed by atoms with Crippen LogP contribution < -0.4 is 11.1 Å². The van der Waals surface area contributed by atoms with Crippen molar-refractivity contribution in [2.24, 2.45) is 5.41 Å². The molecule has 3 heteroatoms. The molecule has 1 aromatic heterocycles. The first kappa shape index (κ1) is 9.84. The van der Waals surface area contributed by atoms with Crippen LogP contribution in [0.1, 0.15) is 20.8 Å². The van der Waals surface area contributed by atoms with Gasteiger partial charge in [0.1, 0.15) is 5.82 Å². The molecule has 0 atom stereocenters. The van der Waals surface area contributed by atoms with Crippen molar-refractivity contribution in [1.29, 1.82) is 0 Å². The van der Waals surface area contributed by atoms with Crippen molar-refractivity contribution in [3.8, 4) is 0 Å². The maximum Gasteiger partial charge on any atom is 0.127 e. The van der Waals surface area contributed by atoms with Crippen LogP contribution in [0.5, 0.6) is 0 Å². The minimum atomic E-state index is 0.256. The SMILES string of the molecule is CC(C)(C)CNc1cc(N)ccn1. The smallest absolute Gasteiger partial charge is 0.127 e. The van der Waals surface area contributed by atoms with E-state index < -0.39 is 0 Å². The number of nitrogens with two attached hydrogens (primary N) is 1. The molecule has 0 unspecified atom stereocenters. The van der Waals surface area contributed by atoms with Gasteiger partial charge in [0.05, 0.1) is 0 Å². The first-order chi connectivity index (χ1) is 5.97. The van der Waals surface area contributed by atoms with Crippen molar-refractivity contribution in [3.05, 3.63) is 18.3 Å². The molecule has 0 saturated heterocycles. The molecule has 3 N–H and O–H groups in total. The third-order valence-electron chi connectivity index (χ3n) is 1.58. The van der Waals surface area contributed by atoms with E-state index in [4.69, 9.17) is 5.73 Å². The van der Waals surface area contributed by atoms with Gasteiger partial charge in [-0.15, -0.1) is 0 Å². The van der Waals surface area contributed by atoms with Crippen LogP contribution in [0.4, 0.5) is 11.5 Å². The number of rotatable bonds is 2. The van der Waals surface area contributed by atoms with E-state index in [-0.39, 0.29) is 5.41 Å². The van der Waals surface area contributed by atoms with E-state index in [1.807, 2.05) is 6.07 Å². The van der Waals surface area contributed by atoms with Crippen LogP contribution in [-0.4, -0.2) is 11.5 Å². The van der Waals surface area contributed by atoms with Gasteiger partial charge in [-0.1, -0.05) is 20.8 Å². The second kappa shape index (κ2) is 3.64. The van der Waals surface area contributed by atoms with Gasteiger partial charge in [-0.3, -0.25) is 0 Å². The molecule has 0 fully saturated rings.